The van der Waals surface area contributed by atoms with Crippen molar-refractivity contribution in [2.75, 3.05) is 0 Å². The molecule has 0 bridgehead atoms. The molecule has 2 N–H and O–H groups in total. The highest BCUT2D eigenvalue weighted by Crippen LogP contribution is 2.40. The van der Waals surface area contributed by atoms with E-state index in [1.54, 1.807) is 6.07 Å². The third kappa shape index (κ3) is 5.10. The smallest absolute Gasteiger partial charge is 0.119 e. The number of rotatable bonds is 5. The highest BCUT2D eigenvalue weighted by molar-refractivity contribution is 5.53. The Labute approximate surface area is 171 Å². The lowest BCUT2D eigenvalue weighted by molar-refractivity contribution is 0.440. The van der Waals surface area contributed by atoms with Crippen LogP contribution in [-0.4, -0.2) is 10.2 Å². The summed E-state index contributed by atoms with van der Waals surface area (Å²) in [6.45, 7) is 17.4. The van der Waals surface area contributed by atoms with E-state index in [1.807, 2.05) is 18.2 Å². The van der Waals surface area contributed by atoms with Gasteiger partial charge in [0.25, 0.3) is 0 Å². The van der Waals surface area contributed by atoms with Gasteiger partial charge in [-0.1, -0.05) is 47.6 Å². The van der Waals surface area contributed by atoms with Crippen LogP contribution >= 0.6 is 0 Å². The first-order chi connectivity index (χ1) is 12.8. The van der Waals surface area contributed by atoms with E-state index in [2.05, 4.69) is 55.4 Å². The molecule has 28 heavy (non-hydrogen) atoms. The van der Waals surface area contributed by atoms with Gasteiger partial charge in [0, 0.05) is 5.56 Å². The molecule has 2 aromatic carbocycles. The zero-order valence-electron chi connectivity index (χ0n) is 19.0. The van der Waals surface area contributed by atoms with Crippen LogP contribution in [0.4, 0.5) is 0 Å². The SMILES string of the molecule is Cc1cc(O)ccc1CCCCc1c(C(C)(C)C)cc(O)c(C(C)(C)C)c1C. The summed E-state index contributed by atoms with van der Waals surface area (Å²) in [7, 11) is 0. The minimum absolute atomic E-state index is 0.00152. The Morgan fingerprint density at radius 3 is 1.93 bits per heavy atom. The molecular weight excluding hydrogens is 344 g/mol. The molecule has 0 aliphatic heterocycles. The minimum Gasteiger partial charge on any atom is -0.508 e. The van der Waals surface area contributed by atoms with Crippen molar-refractivity contribution >= 4 is 0 Å². The van der Waals surface area contributed by atoms with Gasteiger partial charge in [0.15, 0.2) is 0 Å². The van der Waals surface area contributed by atoms with E-state index >= 15 is 0 Å². The van der Waals surface area contributed by atoms with Gasteiger partial charge in [0.05, 0.1) is 0 Å². The number of aryl methyl sites for hydroxylation is 2. The fourth-order valence-electron chi connectivity index (χ4n) is 4.36. The molecule has 0 fully saturated rings. The number of hydrogen-bond donors (Lipinski definition) is 2. The molecule has 0 heterocycles. The first-order valence-corrected chi connectivity index (χ1v) is 10.5. The molecule has 0 aliphatic rings. The quantitative estimate of drug-likeness (QED) is 0.554. The Bertz CT molecular complexity index is 833. The lowest BCUT2D eigenvalue weighted by Gasteiger charge is -2.31. The summed E-state index contributed by atoms with van der Waals surface area (Å²) in [6.07, 6.45) is 4.28. The van der Waals surface area contributed by atoms with E-state index in [0.29, 0.717) is 11.5 Å². The van der Waals surface area contributed by atoms with Crippen LogP contribution in [0, 0.1) is 13.8 Å². The van der Waals surface area contributed by atoms with Gasteiger partial charge in [0.1, 0.15) is 11.5 Å². The Morgan fingerprint density at radius 1 is 0.786 bits per heavy atom. The van der Waals surface area contributed by atoms with Crippen molar-refractivity contribution in [1.82, 2.24) is 0 Å². The van der Waals surface area contributed by atoms with E-state index in [9.17, 15) is 10.2 Å². The highest BCUT2D eigenvalue weighted by Gasteiger charge is 2.27. The molecule has 0 aliphatic carbocycles. The van der Waals surface area contributed by atoms with Crippen LogP contribution in [0.1, 0.15) is 87.8 Å². The summed E-state index contributed by atoms with van der Waals surface area (Å²) < 4.78 is 0. The summed E-state index contributed by atoms with van der Waals surface area (Å²) in [6, 6.07) is 7.66. The fraction of sp³-hybridized carbons (Fsp3) is 0.538. The molecule has 0 aromatic heterocycles. The van der Waals surface area contributed by atoms with Crippen LogP contribution in [0.25, 0.3) is 0 Å². The third-order valence-electron chi connectivity index (χ3n) is 5.70. The number of benzene rings is 2. The van der Waals surface area contributed by atoms with E-state index < -0.39 is 0 Å². The summed E-state index contributed by atoms with van der Waals surface area (Å²) in [5.41, 5.74) is 7.37. The molecule has 0 atom stereocenters. The Morgan fingerprint density at radius 2 is 1.39 bits per heavy atom. The van der Waals surface area contributed by atoms with Crippen molar-refractivity contribution in [2.45, 2.75) is 91.9 Å². The van der Waals surface area contributed by atoms with Crippen LogP contribution in [0.5, 0.6) is 11.5 Å². The largest absolute Gasteiger partial charge is 0.508 e. The summed E-state index contributed by atoms with van der Waals surface area (Å²) in [5, 5.41) is 20.3. The number of hydrogen-bond acceptors (Lipinski definition) is 2. The molecular formula is C26H38O2. The van der Waals surface area contributed by atoms with Crippen molar-refractivity contribution < 1.29 is 10.2 Å². The monoisotopic (exact) mass is 382 g/mol. The number of unbranched alkanes of at least 4 members (excludes halogenated alkanes) is 1. The van der Waals surface area contributed by atoms with E-state index in [4.69, 9.17) is 0 Å². The summed E-state index contributed by atoms with van der Waals surface area (Å²) in [4.78, 5) is 0. The molecule has 0 saturated heterocycles. The van der Waals surface area contributed by atoms with Gasteiger partial charge >= 0.3 is 0 Å². The molecule has 154 valence electrons. The Hall–Kier alpha value is -1.96. The molecule has 0 amide bonds. The normalized spacial score (nSPS) is 12.4. The van der Waals surface area contributed by atoms with Gasteiger partial charge in [0.2, 0.25) is 0 Å². The summed E-state index contributed by atoms with van der Waals surface area (Å²) in [5.74, 6) is 0.767. The second-order valence-corrected chi connectivity index (χ2v) is 10.2. The number of aromatic hydroxyl groups is 2. The molecule has 2 rings (SSSR count). The van der Waals surface area contributed by atoms with Crippen molar-refractivity contribution in [1.29, 1.82) is 0 Å². The standard InChI is InChI=1S/C26H38O2/c1-17-15-20(27)14-13-19(17)11-9-10-12-21-18(2)24(26(6,7)8)23(28)16-22(21)25(3,4)5/h13-16,27-28H,9-12H2,1-8H3. The second-order valence-electron chi connectivity index (χ2n) is 10.2. The topological polar surface area (TPSA) is 40.5 Å². The average molecular weight is 383 g/mol. The van der Waals surface area contributed by atoms with Gasteiger partial charge in [-0.25, -0.2) is 0 Å². The average Bonchev–Trinajstić information content (AvgIpc) is 2.52. The Kier molecular flexibility index (Phi) is 6.53. The maximum Gasteiger partial charge on any atom is 0.119 e. The molecule has 2 nitrogen and oxygen atoms in total. The highest BCUT2D eigenvalue weighted by atomic mass is 16.3. The predicted octanol–water partition coefficient (Wildman–Crippen LogP) is 6.88. The van der Waals surface area contributed by atoms with Gasteiger partial charge in [-0.05, 0) is 96.4 Å². The van der Waals surface area contributed by atoms with Gasteiger partial charge in [-0.2, -0.15) is 0 Å². The second kappa shape index (κ2) is 8.19. The number of phenolic OH excluding ortho intramolecular Hbond substituents is 2. The van der Waals surface area contributed by atoms with Gasteiger partial charge in [-0.3, -0.25) is 0 Å². The maximum atomic E-state index is 10.7. The van der Waals surface area contributed by atoms with Crippen LogP contribution in [0.15, 0.2) is 24.3 Å². The third-order valence-corrected chi connectivity index (χ3v) is 5.70. The van der Waals surface area contributed by atoms with Crippen molar-refractivity contribution in [3.05, 3.63) is 57.6 Å². The predicted molar refractivity (Wildman–Crippen MR) is 120 cm³/mol. The number of phenols is 2. The van der Waals surface area contributed by atoms with Crippen LogP contribution in [0.2, 0.25) is 0 Å². The Balaban J connectivity index is 2.25. The van der Waals surface area contributed by atoms with Crippen molar-refractivity contribution in [2.24, 2.45) is 0 Å². The molecule has 0 saturated carbocycles. The van der Waals surface area contributed by atoms with Crippen molar-refractivity contribution in [3.8, 4) is 11.5 Å². The lowest BCUT2D eigenvalue weighted by Crippen LogP contribution is -2.20. The van der Waals surface area contributed by atoms with Crippen molar-refractivity contribution in [3.63, 3.8) is 0 Å². The molecule has 0 radical (unpaired) electrons. The van der Waals surface area contributed by atoms with E-state index in [-0.39, 0.29) is 10.8 Å². The van der Waals surface area contributed by atoms with Crippen LogP contribution in [-0.2, 0) is 23.7 Å². The van der Waals surface area contributed by atoms with Crippen LogP contribution < -0.4 is 0 Å². The zero-order valence-corrected chi connectivity index (χ0v) is 19.0. The van der Waals surface area contributed by atoms with E-state index in [0.717, 1.165) is 36.8 Å². The molecule has 0 spiro atoms. The molecule has 0 unspecified atom stereocenters. The maximum absolute atomic E-state index is 10.7. The van der Waals surface area contributed by atoms with Gasteiger partial charge in [-0.15, -0.1) is 0 Å². The summed E-state index contributed by atoms with van der Waals surface area (Å²) >= 11 is 0. The van der Waals surface area contributed by atoms with Crippen LogP contribution in [0.3, 0.4) is 0 Å². The van der Waals surface area contributed by atoms with E-state index in [1.165, 1.54) is 22.3 Å². The lowest BCUT2D eigenvalue weighted by atomic mass is 9.75. The zero-order chi connectivity index (χ0) is 21.3. The fourth-order valence-corrected chi connectivity index (χ4v) is 4.36. The first-order valence-electron chi connectivity index (χ1n) is 10.5. The molecule has 2 aromatic rings. The molecule has 2 heteroatoms. The minimum atomic E-state index is -0.0809. The van der Waals surface area contributed by atoms with Gasteiger partial charge < -0.3 is 10.2 Å². The first kappa shape index (κ1) is 22.3.